The second kappa shape index (κ2) is 8.12. The van der Waals surface area contributed by atoms with Gasteiger partial charge in [-0.1, -0.05) is 42.5 Å². The highest BCUT2D eigenvalue weighted by Crippen LogP contribution is 2.27. The smallest absolute Gasteiger partial charge is 0.318 e. The van der Waals surface area contributed by atoms with Gasteiger partial charge in [0, 0.05) is 20.2 Å². The minimum atomic E-state index is -0.291. The SMILES string of the molecule is CN(C(=O)NC[C@H]1CCCO1)[C@H](c1ccccc1)c1ccc(F)cc1. The Labute approximate surface area is 147 Å². The van der Waals surface area contributed by atoms with Gasteiger partial charge in [-0.25, -0.2) is 9.18 Å². The first kappa shape index (κ1) is 17.4. The Hall–Kier alpha value is -2.40. The lowest BCUT2D eigenvalue weighted by Gasteiger charge is -2.29. The number of nitrogens with one attached hydrogen (secondary N) is 1. The molecule has 132 valence electrons. The first-order valence-electron chi connectivity index (χ1n) is 8.58. The quantitative estimate of drug-likeness (QED) is 0.899. The second-order valence-electron chi connectivity index (χ2n) is 6.30. The highest BCUT2D eigenvalue weighted by Gasteiger charge is 2.24. The summed E-state index contributed by atoms with van der Waals surface area (Å²) in [5.41, 5.74) is 1.84. The molecule has 5 heteroatoms. The molecule has 2 aromatic carbocycles. The number of carbonyl (C=O) groups excluding carboxylic acids is 1. The van der Waals surface area contributed by atoms with E-state index in [1.165, 1.54) is 12.1 Å². The first-order chi connectivity index (χ1) is 12.1. The van der Waals surface area contributed by atoms with Crippen LogP contribution in [0.4, 0.5) is 9.18 Å². The Morgan fingerprint density at radius 2 is 1.88 bits per heavy atom. The predicted octanol–water partition coefficient (Wildman–Crippen LogP) is 3.74. The summed E-state index contributed by atoms with van der Waals surface area (Å²) in [5, 5.41) is 2.94. The van der Waals surface area contributed by atoms with Crippen molar-refractivity contribution in [1.29, 1.82) is 0 Å². The summed E-state index contributed by atoms with van der Waals surface area (Å²) in [5.74, 6) is -0.291. The Morgan fingerprint density at radius 3 is 2.52 bits per heavy atom. The van der Waals surface area contributed by atoms with Gasteiger partial charge in [0.1, 0.15) is 5.82 Å². The zero-order chi connectivity index (χ0) is 17.6. The van der Waals surface area contributed by atoms with E-state index in [0.717, 1.165) is 30.6 Å². The molecule has 0 saturated carbocycles. The summed E-state index contributed by atoms with van der Waals surface area (Å²) < 4.78 is 18.9. The van der Waals surface area contributed by atoms with Gasteiger partial charge >= 0.3 is 6.03 Å². The molecule has 1 aliphatic rings. The third-order valence-electron chi connectivity index (χ3n) is 4.51. The fourth-order valence-electron chi connectivity index (χ4n) is 3.17. The molecule has 0 aliphatic carbocycles. The predicted molar refractivity (Wildman–Crippen MR) is 94.8 cm³/mol. The highest BCUT2D eigenvalue weighted by molar-refractivity contribution is 5.75. The van der Waals surface area contributed by atoms with Crippen molar-refractivity contribution in [2.45, 2.75) is 25.0 Å². The molecule has 0 spiro atoms. The van der Waals surface area contributed by atoms with E-state index in [9.17, 15) is 9.18 Å². The molecule has 0 radical (unpaired) electrons. The van der Waals surface area contributed by atoms with Crippen molar-refractivity contribution < 1.29 is 13.9 Å². The van der Waals surface area contributed by atoms with Gasteiger partial charge in [0.15, 0.2) is 0 Å². The van der Waals surface area contributed by atoms with E-state index < -0.39 is 0 Å². The van der Waals surface area contributed by atoms with Crippen LogP contribution in [0, 0.1) is 5.82 Å². The van der Waals surface area contributed by atoms with Crippen LogP contribution >= 0.6 is 0 Å². The lowest BCUT2D eigenvalue weighted by molar-refractivity contribution is 0.109. The van der Waals surface area contributed by atoms with Gasteiger partial charge < -0.3 is 15.0 Å². The molecule has 1 heterocycles. The van der Waals surface area contributed by atoms with Crippen LogP contribution in [-0.4, -0.2) is 37.2 Å². The molecule has 2 amide bonds. The Morgan fingerprint density at radius 1 is 1.20 bits per heavy atom. The van der Waals surface area contributed by atoms with Gasteiger partial charge in [0.05, 0.1) is 12.1 Å². The highest BCUT2D eigenvalue weighted by atomic mass is 19.1. The van der Waals surface area contributed by atoms with E-state index in [0.29, 0.717) is 6.54 Å². The van der Waals surface area contributed by atoms with Crippen LogP contribution < -0.4 is 5.32 Å². The molecule has 0 unspecified atom stereocenters. The fourth-order valence-corrected chi connectivity index (χ4v) is 3.17. The topological polar surface area (TPSA) is 41.6 Å². The van der Waals surface area contributed by atoms with E-state index in [2.05, 4.69) is 5.32 Å². The van der Waals surface area contributed by atoms with E-state index in [1.54, 1.807) is 24.1 Å². The van der Waals surface area contributed by atoms with Gasteiger partial charge in [0.25, 0.3) is 0 Å². The largest absolute Gasteiger partial charge is 0.376 e. The maximum Gasteiger partial charge on any atom is 0.318 e. The lowest BCUT2D eigenvalue weighted by atomic mass is 9.97. The van der Waals surface area contributed by atoms with E-state index in [4.69, 9.17) is 4.74 Å². The molecule has 0 bridgehead atoms. The van der Waals surface area contributed by atoms with E-state index >= 15 is 0 Å². The maximum absolute atomic E-state index is 13.3. The monoisotopic (exact) mass is 342 g/mol. The van der Waals surface area contributed by atoms with E-state index in [1.807, 2.05) is 30.3 Å². The van der Waals surface area contributed by atoms with Crippen molar-refractivity contribution in [3.63, 3.8) is 0 Å². The summed E-state index contributed by atoms with van der Waals surface area (Å²) in [6, 6.07) is 15.6. The summed E-state index contributed by atoms with van der Waals surface area (Å²) in [6.07, 6.45) is 2.11. The van der Waals surface area contributed by atoms with Gasteiger partial charge in [-0.2, -0.15) is 0 Å². The number of amides is 2. The van der Waals surface area contributed by atoms with Crippen LogP contribution in [0.2, 0.25) is 0 Å². The number of hydrogen-bond acceptors (Lipinski definition) is 2. The standard InChI is InChI=1S/C20H23FN2O2/c1-23(20(24)22-14-18-8-5-13-25-18)19(15-6-3-2-4-7-15)16-9-11-17(21)12-10-16/h2-4,6-7,9-12,18-19H,5,8,13-14H2,1H3,(H,22,24)/t18-,19-/m1/s1. The zero-order valence-electron chi connectivity index (χ0n) is 14.3. The molecule has 1 N–H and O–H groups in total. The zero-order valence-corrected chi connectivity index (χ0v) is 14.3. The summed E-state index contributed by atoms with van der Waals surface area (Å²) in [6.45, 7) is 1.27. The number of hydrogen-bond donors (Lipinski definition) is 1. The van der Waals surface area contributed by atoms with Crippen LogP contribution in [0.1, 0.15) is 30.0 Å². The third-order valence-corrected chi connectivity index (χ3v) is 4.51. The minimum Gasteiger partial charge on any atom is -0.376 e. The first-order valence-corrected chi connectivity index (χ1v) is 8.58. The molecule has 1 saturated heterocycles. The van der Waals surface area contributed by atoms with Gasteiger partial charge in [-0.15, -0.1) is 0 Å². The summed E-state index contributed by atoms with van der Waals surface area (Å²) >= 11 is 0. The average Bonchev–Trinajstić information content (AvgIpc) is 3.16. The minimum absolute atomic E-state index is 0.0957. The van der Waals surface area contributed by atoms with Gasteiger partial charge in [0.2, 0.25) is 0 Å². The number of ether oxygens (including phenoxy) is 1. The molecule has 1 fully saturated rings. The molecule has 3 rings (SSSR count). The molecule has 1 aliphatic heterocycles. The maximum atomic E-state index is 13.3. The second-order valence-corrected chi connectivity index (χ2v) is 6.30. The summed E-state index contributed by atoms with van der Waals surface area (Å²) in [4.78, 5) is 14.3. The van der Waals surface area contributed by atoms with Crippen LogP contribution in [0.5, 0.6) is 0 Å². The molecule has 25 heavy (non-hydrogen) atoms. The van der Waals surface area contributed by atoms with Gasteiger partial charge in [-0.05, 0) is 36.1 Å². The van der Waals surface area contributed by atoms with Crippen molar-refractivity contribution >= 4 is 6.03 Å². The van der Waals surface area contributed by atoms with Gasteiger partial charge in [-0.3, -0.25) is 0 Å². The molecule has 2 aromatic rings. The molecule has 2 atom stereocenters. The van der Waals surface area contributed by atoms with Crippen LogP contribution in [0.15, 0.2) is 54.6 Å². The Bertz CT molecular complexity index is 685. The van der Waals surface area contributed by atoms with Crippen molar-refractivity contribution in [3.8, 4) is 0 Å². The Balaban J connectivity index is 1.78. The number of rotatable bonds is 5. The molecular formula is C20H23FN2O2. The molecule has 0 aromatic heterocycles. The van der Waals surface area contributed by atoms with Crippen molar-refractivity contribution in [2.75, 3.05) is 20.2 Å². The van der Waals surface area contributed by atoms with Crippen molar-refractivity contribution in [3.05, 3.63) is 71.5 Å². The number of nitrogens with zero attached hydrogens (tertiary/aromatic N) is 1. The van der Waals surface area contributed by atoms with Crippen molar-refractivity contribution in [2.24, 2.45) is 0 Å². The number of carbonyl (C=O) groups is 1. The Kier molecular flexibility index (Phi) is 5.66. The molecular weight excluding hydrogens is 319 g/mol. The summed E-state index contributed by atoms with van der Waals surface area (Å²) in [7, 11) is 1.76. The third kappa shape index (κ3) is 4.37. The lowest BCUT2D eigenvalue weighted by Crippen LogP contribution is -2.42. The van der Waals surface area contributed by atoms with Crippen LogP contribution in [0.3, 0.4) is 0 Å². The average molecular weight is 342 g/mol. The van der Waals surface area contributed by atoms with Crippen molar-refractivity contribution in [1.82, 2.24) is 10.2 Å². The molecule has 4 nitrogen and oxygen atoms in total. The van der Waals surface area contributed by atoms with Crippen LogP contribution in [0.25, 0.3) is 0 Å². The van der Waals surface area contributed by atoms with E-state index in [-0.39, 0.29) is 24.0 Å². The normalized spacial score (nSPS) is 17.9. The number of urea groups is 1. The number of benzene rings is 2. The fraction of sp³-hybridized carbons (Fsp3) is 0.350. The van der Waals surface area contributed by atoms with Crippen LogP contribution in [-0.2, 0) is 4.74 Å². The number of halogens is 1.